The van der Waals surface area contributed by atoms with Gasteiger partial charge in [-0.25, -0.2) is 0 Å². The molecule has 0 spiro atoms. The Balaban J connectivity index is 3.18. The lowest BCUT2D eigenvalue weighted by Gasteiger charge is -2.16. The largest absolute Gasteiger partial charge is 0.493 e. The van der Waals surface area contributed by atoms with E-state index in [1.165, 1.54) is 0 Å². The fourth-order valence-corrected chi connectivity index (χ4v) is 1.48. The first-order valence-electron chi connectivity index (χ1n) is 4.61. The van der Waals surface area contributed by atoms with Crippen molar-refractivity contribution in [1.82, 2.24) is 0 Å². The number of aryl methyl sites for hydroxylation is 1. The van der Waals surface area contributed by atoms with Crippen LogP contribution in [0, 0.1) is 6.92 Å². The van der Waals surface area contributed by atoms with Gasteiger partial charge in [-0.15, -0.1) is 0 Å². The van der Waals surface area contributed by atoms with E-state index in [4.69, 9.17) is 14.2 Å². The van der Waals surface area contributed by atoms with Crippen LogP contribution in [0.25, 0.3) is 0 Å². The number of hydrogen-bond donors (Lipinski definition) is 0. The summed E-state index contributed by atoms with van der Waals surface area (Å²) >= 11 is 3.32. The van der Waals surface area contributed by atoms with Crippen molar-refractivity contribution in [3.05, 3.63) is 17.7 Å². The Labute approximate surface area is 98.5 Å². The molecule has 84 valence electrons. The van der Waals surface area contributed by atoms with E-state index in [1.807, 2.05) is 26.0 Å². The summed E-state index contributed by atoms with van der Waals surface area (Å²) in [7, 11) is 3.22. The van der Waals surface area contributed by atoms with Crippen LogP contribution < -0.4 is 14.2 Å². The average molecular weight is 275 g/mol. The Bertz CT molecular complexity index is 312. The van der Waals surface area contributed by atoms with E-state index in [-0.39, 0.29) is 5.01 Å². The van der Waals surface area contributed by atoms with Gasteiger partial charge in [0.25, 0.3) is 0 Å². The topological polar surface area (TPSA) is 27.7 Å². The minimum absolute atomic E-state index is 0.0944. The van der Waals surface area contributed by atoms with Crippen LogP contribution in [-0.4, -0.2) is 19.2 Å². The summed E-state index contributed by atoms with van der Waals surface area (Å²) in [6, 6.07) is 3.82. The van der Waals surface area contributed by atoms with Crippen molar-refractivity contribution in [2.45, 2.75) is 18.9 Å². The second-order valence-electron chi connectivity index (χ2n) is 3.16. The third kappa shape index (κ3) is 3.02. The monoisotopic (exact) mass is 274 g/mol. The Morgan fingerprint density at radius 1 is 1.13 bits per heavy atom. The van der Waals surface area contributed by atoms with Gasteiger partial charge in [0.2, 0.25) is 5.75 Å². The number of halogens is 1. The molecule has 0 aliphatic carbocycles. The Hall–Kier alpha value is -0.900. The van der Waals surface area contributed by atoms with Gasteiger partial charge in [-0.3, -0.25) is 0 Å². The highest BCUT2D eigenvalue weighted by molar-refractivity contribution is 9.09. The Morgan fingerprint density at radius 3 is 1.93 bits per heavy atom. The molecular weight excluding hydrogens is 260 g/mol. The molecule has 0 amide bonds. The molecule has 4 heteroatoms. The molecule has 1 aromatic rings. The van der Waals surface area contributed by atoms with Gasteiger partial charge in [-0.2, -0.15) is 0 Å². The van der Waals surface area contributed by atoms with Crippen LogP contribution in [-0.2, 0) is 0 Å². The van der Waals surface area contributed by atoms with E-state index in [0.29, 0.717) is 17.2 Å². The maximum atomic E-state index is 5.58. The quantitative estimate of drug-likeness (QED) is 0.790. The van der Waals surface area contributed by atoms with Crippen LogP contribution in [0.1, 0.15) is 12.5 Å². The predicted molar refractivity (Wildman–Crippen MR) is 63.3 cm³/mol. The van der Waals surface area contributed by atoms with E-state index in [9.17, 15) is 0 Å². The molecule has 0 bridgehead atoms. The van der Waals surface area contributed by atoms with Crippen LogP contribution in [0.4, 0.5) is 0 Å². The van der Waals surface area contributed by atoms with E-state index in [0.717, 1.165) is 5.56 Å². The van der Waals surface area contributed by atoms with Gasteiger partial charge >= 0.3 is 0 Å². The molecule has 0 radical (unpaired) electrons. The van der Waals surface area contributed by atoms with Crippen molar-refractivity contribution < 1.29 is 14.2 Å². The van der Waals surface area contributed by atoms with Crippen LogP contribution in [0.5, 0.6) is 17.2 Å². The lowest BCUT2D eigenvalue weighted by molar-refractivity contribution is 0.271. The average Bonchev–Trinajstić information content (AvgIpc) is 2.19. The standard InChI is InChI=1S/C11H15BrO3/c1-7-5-9(13-3)11(15-8(2)12)10(6-7)14-4/h5-6,8H,1-4H3. The SMILES string of the molecule is COc1cc(C)cc(OC)c1OC(C)Br. The predicted octanol–water partition coefficient (Wildman–Crippen LogP) is 3.13. The Morgan fingerprint density at radius 2 is 1.60 bits per heavy atom. The van der Waals surface area contributed by atoms with Crippen molar-refractivity contribution >= 4 is 15.9 Å². The van der Waals surface area contributed by atoms with Crippen molar-refractivity contribution in [1.29, 1.82) is 0 Å². The molecule has 0 N–H and O–H groups in total. The lowest BCUT2D eigenvalue weighted by Crippen LogP contribution is -2.05. The van der Waals surface area contributed by atoms with E-state index in [1.54, 1.807) is 14.2 Å². The maximum Gasteiger partial charge on any atom is 0.204 e. The summed E-state index contributed by atoms with van der Waals surface area (Å²) in [5.74, 6) is 1.98. The van der Waals surface area contributed by atoms with Crippen LogP contribution in [0.15, 0.2) is 12.1 Å². The molecule has 15 heavy (non-hydrogen) atoms. The maximum absolute atomic E-state index is 5.58. The van der Waals surface area contributed by atoms with E-state index < -0.39 is 0 Å². The van der Waals surface area contributed by atoms with Gasteiger partial charge in [0, 0.05) is 0 Å². The summed E-state index contributed by atoms with van der Waals surface area (Å²) < 4.78 is 16.1. The van der Waals surface area contributed by atoms with Crippen LogP contribution in [0.3, 0.4) is 0 Å². The molecule has 0 aliphatic rings. The number of benzene rings is 1. The van der Waals surface area contributed by atoms with Crippen molar-refractivity contribution in [3.8, 4) is 17.2 Å². The molecule has 1 atom stereocenters. The van der Waals surface area contributed by atoms with E-state index in [2.05, 4.69) is 15.9 Å². The molecule has 3 nitrogen and oxygen atoms in total. The van der Waals surface area contributed by atoms with Crippen LogP contribution in [0.2, 0.25) is 0 Å². The molecule has 0 saturated carbocycles. The zero-order valence-electron chi connectivity index (χ0n) is 9.33. The molecule has 0 aliphatic heterocycles. The zero-order valence-corrected chi connectivity index (χ0v) is 10.9. The van der Waals surface area contributed by atoms with Gasteiger partial charge in [0.15, 0.2) is 16.5 Å². The van der Waals surface area contributed by atoms with Crippen molar-refractivity contribution in [3.63, 3.8) is 0 Å². The molecule has 0 saturated heterocycles. The van der Waals surface area contributed by atoms with Gasteiger partial charge in [0.1, 0.15) is 0 Å². The van der Waals surface area contributed by atoms with Crippen molar-refractivity contribution in [2.24, 2.45) is 0 Å². The number of hydrogen-bond acceptors (Lipinski definition) is 3. The highest BCUT2D eigenvalue weighted by Gasteiger charge is 2.14. The summed E-state index contributed by atoms with van der Waals surface area (Å²) in [5.41, 5.74) is 1.07. The molecule has 1 aromatic carbocycles. The summed E-state index contributed by atoms with van der Waals surface area (Å²) in [6.07, 6.45) is 0. The number of alkyl halides is 1. The lowest BCUT2D eigenvalue weighted by atomic mass is 10.2. The fourth-order valence-electron chi connectivity index (χ4n) is 1.29. The minimum Gasteiger partial charge on any atom is -0.493 e. The second kappa shape index (κ2) is 5.26. The van der Waals surface area contributed by atoms with Gasteiger partial charge in [0.05, 0.1) is 14.2 Å². The molecule has 0 heterocycles. The third-order valence-corrected chi connectivity index (χ3v) is 2.07. The molecular formula is C11H15BrO3. The first-order valence-corrected chi connectivity index (χ1v) is 5.53. The summed E-state index contributed by atoms with van der Waals surface area (Å²) in [6.45, 7) is 3.87. The van der Waals surface area contributed by atoms with Crippen molar-refractivity contribution in [2.75, 3.05) is 14.2 Å². The fraction of sp³-hybridized carbons (Fsp3) is 0.455. The normalized spacial score (nSPS) is 12.1. The summed E-state index contributed by atoms with van der Waals surface area (Å²) in [5, 5.41) is -0.0944. The summed E-state index contributed by atoms with van der Waals surface area (Å²) in [4.78, 5) is 0. The second-order valence-corrected chi connectivity index (χ2v) is 4.45. The number of ether oxygens (including phenoxy) is 3. The highest BCUT2D eigenvalue weighted by Crippen LogP contribution is 2.39. The number of rotatable bonds is 4. The molecule has 1 rings (SSSR count). The highest BCUT2D eigenvalue weighted by atomic mass is 79.9. The zero-order chi connectivity index (χ0) is 11.4. The van der Waals surface area contributed by atoms with Gasteiger partial charge in [-0.05, 0) is 47.5 Å². The molecule has 1 unspecified atom stereocenters. The smallest absolute Gasteiger partial charge is 0.204 e. The Kier molecular flexibility index (Phi) is 4.27. The first kappa shape index (κ1) is 12.2. The molecule has 0 fully saturated rings. The minimum atomic E-state index is -0.0944. The number of methoxy groups -OCH3 is 2. The van der Waals surface area contributed by atoms with E-state index >= 15 is 0 Å². The third-order valence-electron chi connectivity index (χ3n) is 1.89. The van der Waals surface area contributed by atoms with Crippen LogP contribution >= 0.6 is 15.9 Å². The molecule has 0 aromatic heterocycles. The van der Waals surface area contributed by atoms with Gasteiger partial charge < -0.3 is 14.2 Å². The first-order chi connectivity index (χ1) is 7.08. The van der Waals surface area contributed by atoms with Gasteiger partial charge in [-0.1, -0.05) is 0 Å².